The van der Waals surface area contributed by atoms with E-state index in [2.05, 4.69) is 15.7 Å². The zero-order chi connectivity index (χ0) is 22.1. The molecule has 5 rings (SSSR count). The van der Waals surface area contributed by atoms with E-state index in [-0.39, 0.29) is 29.5 Å². The molecular weight excluding hydrogens is 404 g/mol. The molecule has 2 saturated carbocycles. The van der Waals surface area contributed by atoms with E-state index >= 15 is 0 Å². The lowest BCUT2D eigenvalue weighted by Crippen LogP contribution is -2.31. The summed E-state index contributed by atoms with van der Waals surface area (Å²) in [6.07, 6.45) is 5.02. The normalized spacial score (nSPS) is 15.8. The van der Waals surface area contributed by atoms with Crippen molar-refractivity contribution in [1.29, 1.82) is 0 Å². The summed E-state index contributed by atoms with van der Waals surface area (Å²) in [7, 11) is 0. The van der Waals surface area contributed by atoms with Gasteiger partial charge < -0.3 is 15.7 Å². The lowest BCUT2D eigenvalue weighted by Gasteiger charge is -2.25. The van der Waals surface area contributed by atoms with Crippen molar-refractivity contribution in [3.8, 4) is 17.0 Å². The fourth-order valence-electron chi connectivity index (χ4n) is 3.95. The number of carbonyl (C=O) groups is 2. The molecule has 7 nitrogen and oxygen atoms in total. The Labute approximate surface area is 186 Å². The minimum absolute atomic E-state index is 0.0104. The lowest BCUT2D eigenvalue weighted by atomic mass is 9.82. The van der Waals surface area contributed by atoms with Crippen molar-refractivity contribution in [2.75, 3.05) is 5.32 Å². The number of nitrogens with one attached hydrogen (secondary N) is 2. The molecule has 2 amide bonds. The molecule has 1 aromatic heterocycles. The van der Waals surface area contributed by atoms with E-state index < -0.39 is 0 Å². The van der Waals surface area contributed by atoms with E-state index in [4.69, 9.17) is 0 Å². The average Bonchev–Trinajstić information content (AvgIpc) is 3.53. The van der Waals surface area contributed by atoms with Crippen LogP contribution in [0.5, 0.6) is 5.75 Å². The molecule has 2 aromatic carbocycles. The zero-order valence-electron chi connectivity index (χ0n) is 17.8. The van der Waals surface area contributed by atoms with Gasteiger partial charge in [-0.15, -0.1) is 0 Å². The van der Waals surface area contributed by atoms with Crippen LogP contribution < -0.4 is 10.6 Å². The van der Waals surface area contributed by atoms with Crippen LogP contribution in [0.1, 0.15) is 49.3 Å². The van der Waals surface area contributed by atoms with Gasteiger partial charge in [0.2, 0.25) is 5.91 Å². The number of amides is 2. The third-order valence-corrected chi connectivity index (χ3v) is 6.23. The topological polar surface area (TPSA) is 96.3 Å². The SMILES string of the molecule is O=C(Nc1ccc(-c2cc(C3CCC3)n(C(=O)NCc3ccccc3)n2)c(O)c1)C1CC1. The van der Waals surface area contributed by atoms with Gasteiger partial charge in [-0.25, -0.2) is 4.79 Å². The Hall–Kier alpha value is -3.61. The minimum atomic E-state index is -0.283. The Morgan fingerprint density at radius 3 is 2.47 bits per heavy atom. The Morgan fingerprint density at radius 2 is 1.81 bits per heavy atom. The highest BCUT2D eigenvalue weighted by molar-refractivity contribution is 5.94. The van der Waals surface area contributed by atoms with Crippen molar-refractivity contribution in [3.05, 3.63) is 65.9 Å². The maximum absolute atomic E-state index is 12.9. The first-order chi connectivity index (χ1) is 15.6. The molecule has 7 heteroatoms. The third-order valence-electron chi connectivity index (χ3n) is 6.23. The smallest absolute Gasteiger partial charge is 0.342 e. The Balaban J connectivity index is 1.37. The fourth-order valence-corrected chi connectivity index (χ4v) is 3.95. The number of benzene rings is 2. The van der Waals surface area contributed by atoms with Gasteiger partial charge in [-0.2, -0.15) is 9.78 Å². The second-order valence-electron chi connectivity index (χ2n) is 8.63. The molecule has 32 heavy (non-hydrogen) atoms. The van der Waals surface area contributed by atoms with Gasteiger partial charge in [0, 0.05) is 35.7 Å². The summed E-state index contributed by atoms with van der Waals surface area (Å²) >= 11 is 0. The molecule has 3 N–H and O–H groups in total. The van der Waals surface area contributed by atoms with Crippen LogP contribution in [0.15, 0.2) is 54.6 Å². The summed E-state index contributed by atoms with van der Waals surface area (Å²) in [6.45, 7) is 0.416. The summed E-state index contributed by atoms with van der Waals surface area (Å²) in [4.78, 5) is 24.9. The van der Waals surface area contributed by atoms with Crippen molar-refractivity contribution >= 4 is 17.6 Å². The molecule has 3 aromatic rings. The molecule has 1 heterocycles. The number of hydrogen-bond donors (Lipinski definition) is 3. The van der Waals surface area contributed by atoms with Gasteiger partial charge in [0.25, 0.3) is 0 Å². The van der Waals surface area contributed by atoms with Crippen molar-refractivity contribution in [2.24, 2.45) is 5.92 Å². The molecular formula is C25H26N4O3. The maximum Gasteiger partial charge on any atom is 0.342 e. The number of phenols is 1. The number of carbonyl (C=O) groups excluding carboxylic acids is 2. The monoisotopic (exact) mass is 430 g/mol. The predicted octanol–water partition coefficient (Wildman–Crippen LogP) is 4.63. The number of nitrogens with zero attached hydrogens (tertiary/aromatic N) is 2. The molecule has 0 atom stereocenters. The first-order valence-electron chi connectivity index (χ1n) is 11.1. The van der Waals surface area contributed by atoms with Gasteiger partial charge in [0.05, 0.1) is 11.4 Å². The average molecular weight is 431 g/mol. The second kappa shape index (κ2) is 8.49. The van der Waals surface area contributed by atoms with E-state index in [0.717, 1.165) is 43.4 Å². The molecule has 0 unspecified atom stereocenters. The summed E-state index contributed by atoms with van der Waals surface area (Å²) in [5, 5.41) is 20.9. The van der Waals surface area contributed by atoms with E-state index in [9.17, 15) is 14.7 Å². The first kappa shape index (κ1) is 20.3. The van der Waals surface area contributed by atoms with E-state index in [0.29, 0.717) is 23.5 Å². The van der Waals surface area contributed by atoms with Crippen molar-refractivity contribution in [1.82, 2.24) is 15.1 Å². The van der Waals surface area contributed by atoms with Crippen LogP contribution in [0.3, 0.4) is 0 Å². The molecule has 0 radical (unpaired) electrons. The van der Waals surface area contributed by atoms with E-state index in [1.165, 1.54) is 10.7 Å². The van der Waals surface area contributed by atoms with Crippen molar-refractivity contribution < 1.29 is 14.7 Å². The van der Waals surface area contributed by atoms with Gasteiger partial charge in [-0.05, 0) is 49.4 Å². The molecule has 2 aliphatic rings. The van der Waals surface area contributed by atoms with Gasteiger partial charge in [0.15, 0.2) is 0 Å². The Kier molecular flexibility index (Phi) is 5.39. The zero-order valence-corrected chi connectivity index (χ0v) is 17.8. The number of rotatable bonds is 6. The van der Waals surface area contributed by atoms with E-state index in [1.807, 2.05) is 36.4 Å². The third kappa shape index (κ3) is 4.23. The van der Waals surface area contributed by atoms with Crippen LogP contribution in [-0.2, 0) is 11.3 Å². The molecule has 164 valence electrons. The molecule has 0 spiro atoms. The predicted molar refractivity (Wildman–Crippen MR) is 121 cm³/mol. The van der Waals surface area contributed by atoms with Crippen molar-refractivity contribution in [3.63, 3.8) is 0 Å². The van der Waals surface area contributed by atoms with Crippen LogP contribution in [0, 0.1) is 5.92 Å². The molecule has 0 saturated heterocycles. The van der Waals surface area contributed by atoms with Crippen LogP contribution in [-0.4, -0.2) is 26.8 Å². The number of hydrogen-bond acceptors (Lipinski definition) is 4. The summed E-state index contributed by atoms with van der Waals surface area (Å²) in [6, 6.07) is 16.4. The highest BCUT2D eigenvalue weighted by Crippen LogP contribution is 2.39. The number of aromatic nitrogens is 2. The number of anilines is 1. The largest absolute Gasteiger partial charge is 0.507 e. The highest BCUT2D eigenvalue weighted by Gasteiger charge is 2.30. The number of aromatic hydroxyl groups is 1. The fraction of sp³-hybridized carbons (Fsp3) is 0.320. The standard InChI is InChI=1S/C25H26N4O3/c30-23-13-19(27-24(31)18-9-10-18)11-12-20(23)21-14-22(17-7-4-8-17)29(28-21)25(32)26-15-16-5-2-1-3-6-16/h1-3,5-6,11-14,17-18,30H,4,7-10,15H2,(H,26,32)(H,27,31). The summed E-state index contributed by atoms with van der Waals surface area (Å²) in [5.74, 6) is 0.391. The van der Waals surface area contributed by atoms with Crippen LogP contribution in [0.25, 0.3) is 11.3 Å². The minimum Gasteiger partial charge on any atom is -0.507 e. The van der Waals surface area contributed by atoms with Gasteiger partial charge in [-0.1, -0.05) is 36.8 Å². The summed E-state index contributed by atoms with van der Waals surface area (Å²) < 4.78 is 1.43. The Morgan fingerprint density at radius 1 is 1.03 bits per heavy atom. The lowest BCUT2D eigenvalue weighted by molar-refractivity contribution is -0.117. The Bertz CT molecular complexity index is 1150. The van der Waals surface area contributed by atoms with Gasteiger partial charge in [-0.3, -0.25) is 4.79 Å². The maximum atomic E-state index is 12.9. The van der Waals surface area contributed by atoms with Crippen molar-refractivity contribution in [2.45, 2.75) is 44.6 Å². The quantitative estimate of drug-likeness (QED) is 0.531. The van der Waals surface area contributed by atoms with E-state index in [1.54, 1.807) is 12.1 Å². The summed E-state index contributed by atoms with van der Waals surface area (Å²) in [5.41, 5.74) is 3.51. The highest BCUT2D eigenvalue weighted by atomic mass is 16.3. The molecule has 2 fully saturated rings. The number of phenolic OH excluding ortho intramolecular Hbond substituents is 1. The second-order valence-corrected chi connectivity index (χ2v) is 8.63. The van der Waals surface area contributed by atoms with Crippen LogP contribution in [0.4, 0.5) is 10.5 Å². The van der Waals surface area contributed by atoms with Crippen LogP contribution in [0.2, 0.25) is 0 Å². The molecule has 0 aliphatic heterocycles. The van der Waals surface area contributed by atoms with Gasteiger partial charge >= 0.3 is 6.03 Å². The van der Waals surface area contributed by atoms with Crippen LogP contribution >= 0.6 is 0 Å². The van der Waals surface area contributed by atoms with Gasteiger partial charge in [0.1, 0.15) is 5.75 Å². The first-order valence-corrected chi connectivity index (χ1v) is 11.1. The molecule has 0 bridgehead atoms. The molecule has 2 aliphatic carbocycles.